The van der Waals surface area contributed by atoms with Crippen LogP contribution in [-0.2, 0) is 17.1 Å². The smallest absolute Gasteiger partial charge is 0.419 e. The molecule has 2 N–H and O–H groups in total. The van der Waals surface area contributed by atoms with Crippen molar-refractivity contribution in [3.05, 3.63) is 52.9 Å². The van der Waals surface area contributed by atoms with Crippen LogP contribution < -0.4 is 16.0 Å². The number of aryl methyl sites for hydroxylation is 1. The molecule has 0 unspecified atom stereocenters. The topological polar surface area (TPSA) is 124 Å². The molecule has 3 rings (SSSR count). The fourth-order valence-corrected chi connectivity index (χ4v) is 2.78. The van der Waals surface area contributed by atoms with Gasteiger partial charge in [-0.3, -0.25) is 14.8 Å². The standard InChI is InChI=1S/C13H11N3O6S/c1-16-9-5-4-8(7-11(9)22-13(16)18)23(19,20)15-14-12(17)10-3-2-6-21-10/h2-7,15H,1H3,(H,14,17). The number of nitrogens with one attached hydrogen (secondary N) is 2. The molecule has 1 aromatic carbocycles. The quantitative estimate of drug-likeness (QED) is 0.662. The molecule has 3 aromatic rings. The number of fused-ring (bicyclic) bond motifs is 1. The third-order valence-corrected chi connectivity index (χ3v) is 4.36. The molecular weight excluding hydrogens is 326 g/mol. The minimum atomic E-state index is -4.04. The molecule has 0 aliphatic rings. The van der Waals surface area contributed by atoms with E-state index in [1.165, 1.54) is 48.2 Å². The van der Waals surface area contributed by atoms with Gasteiger partial charge in [-0.05, 0) is 24.3 Å². The second kappa shape index (κ2) is 5.41. The maximum Gasteiger partial charge on any atom is 0.419 e. The van der Waals surface area contributed by atoms with Crippen molar-refractivity contribution in [1.29, 1.82) is 0 Å². The van der Waals surface area contributed by atoms with Crippen LogP contribution in [0.1, 0.15) is 10.6 Å². The number of hydrogen-bond donors (Lipinski definition) is 2. The number of oxazole rings is 1. The summed E-state index contributed by atoms with van der Waals surface area (Å²) < 4.78 is 35.3. The van der Waals surface area contributed by atoms with E-state index in [4.69, 9.17) is 8.83 Å². The number of nitrogens with zero attached hydrogens (tertiary/aromatic N) is 1. The number of carbonyl (C=O) groups excluding carboxylic acids is 1. The number of benzene rings is 1. The average Bonchev–Trinajstić information content (AvgIpc) is 3.14. The van der Waals surface area contributed by atoms with Crippen molar-refractivity contribution in [2.24, 2.45) is 7.05 Å². The van der Waals surface area contributed by atoms with Crippen LogP contribution in [0.25, 0.3) is 11.1 Å². The molecule has 0 fully saturated rings. The third-order valence-electron chi connectivity index (χ3n) is 3.12. The molecule has 0 saturated heterocycles. The number of furan rings is 1. The average molecular weight is 337 g/mol. The second-order valence-corrected chi connectivity index (χ2v) is 6.28. The Kier molecular flexibility index (Phi) is 3.54. The van der Waals surface area contributed by atoms with Crippen molar-refractivity contribution < 1.29 is 22.0 Å². The number of hydrazine groups is 1. The Morgan fingerprint density at radius 2 is 2.04 bits per heavy atom. The zero-order valence-corrected chi connectivity index (χ0v) is 12.6. The van der Waals surface area contributed by atoms with E-state index in [1.807, 2.05) is 10.3 Å². The predicted octanol–water partition coefficient (Wildman–Crippen LogP) is 0.348. The third kappa shape index (κ3) is 2.76. The Balaban J connectivity index is 1.85. The van der Waals surface area contributed by atoms with E-state index < -0.39 is 21.7 Å². The van der Waals surface area contributed by atoms with Gasteiger partial charge >= 0.3 is 11.7 Å². The van der Waals surface area contributed by atoms with Crippen LogP contribution in [-0.4, -0.2) is 18.9 Å². The maximum absolute atomic E-state index is 12.2. The first kappa shape index (κ1) is 15.1. The van der Waals surface area contributed by atoms with Crippen molar-refractivity contribution in [2.45, 2.75) is 4.90 Å². The van der Waals surface area contributed by atoms with Crippen molar-refractivity contribution in [3.63, 3.8) is 0 Å². The van der Waals surface area contributed by atoms with Crippen LogP contribution in [0, 0.1) is 0 Å². The van der Waals surface area contributed by atoms with Crippen LogP contribution in [0.3, 0.4) is 0 Å². The molecule has 120 valence electrons. The first-order valence-corrected chi connectivity index (χ1v) is 7.82. The van der Waals surface area contributed by atoms with Gasteiger partial charge in [-0.25, -0.2) is 13.2 Å². The number of aromatic nitrogens is 1. The molecule has 9 nitrogen and oxygen atoms in total. The van der Waals surface area contributed by atoms with Crippen LogP contribution in [0.4, 0.5) is 0 Å². The zero-order valence-electron chi connectivity index (χ0n) is 11.8. The Labute approximate surface area is 129 Å². The number of amides is 1. The van der Waals surface area contributed by atoms with Crippen LogP contribution in [0.2, 0.25) is 0 Å². The maximum atomic E-state index is 12.2. The summed E-state index contributed by atoms with van der Waals surface area (Å²) in [5.41, 5.74) is 2.60. The Morgan fingerprint density at radius 1 is 1.26 bits per heavy atom. The van der Waals surface area contributed by atoms with Crippen molar-refractivity contribution in [1.82, 2.24) is 14.8 Å². The summed E-state index contributed by atoms with van der Waals surface area (Å²) in [6.45, 7) is 0. The first-order chi connectivity index (χ1) is 10.9. The van der Waals surface area contributed by atoms with Gasteiger partial charge in [0.2, 0.25) is 0 Å². The monoisotopic (exact) mass is 337 g/mol. The van der Waals surface area contributed by atoms with E-state index in [1.54, 1.807) is 0 Å². The molecule has 23 heavy (non-hydrogen) atoms. The first-order valence-electron chi connectivity index (χ1n) is 6.34. The predicted molar refractivity (Wildman–Crippen MR) is 78.0 cm³/mol. The number of carbonyl (C=O) groups is 1. The molecule has 0 radical (unpaired) electrons. The zero-order chi connectivity index (χ0) is 16.6. The number of sulfonamides is 1. The van der Waals surface area contributed by atoms with Crippen LogP contribution in [0.5, 0.6) is 0 Å². The molecule has 0 bridgehead atoms. The summed E-state index contributed by atoms with van der Waals surface area (Å²) in [5, 5.41) is 0. The Morgan fingerprint density at radius 3 is 2.74 bits per heavy atom. The van der Waals surface area contributed by atoms with Crippen molar-refractivity contribution >= 4 is 27.0 Å². The lowest BCUT2D eigenvalue weighted by atomic mass is 10.3. The molecule has 0 aliphatic heterocycles. The summed E-state index contributed by atoms with van der Waals surface area (Å²) >= 11 is 0. The minimum absolute atomic E-state index is 0.0443. The van der Waals surface area contributed by atoms with Gasteiger partial charge in [0.1, 0.15) is 0 Å². The lowest BCUT2D eigenvalue weighted by Gasteiger charge is -2.07. The van der Waals surface area contributed by atoms with E-state index in [0.717, 1.165) is 0 Å². The summed E-state index contributed by atoms with van der Waals surface area (Å²) in [5.74, 6) is -1.39. The van der Waals surface area contributed by atoms with Crippen molar-refractivity contribution in [2.75, 3.05) is 0 Å². The lowest BCUT2D eigenvalue weighted by molar-refractivity contribution is 0.0917. The molecular formula is C13H11N3O6S. The van der Waals surface area contributed by atoms with E-state index in [2.05, 4.69) is 0 Å². The molecule has 0 atom stereocenters. The molecule has 2 aromatic heterocycles. The van der Waals surface area contributed by atoms with E-state index in [0.29, 0.717) is 5.52 Å². The van der Waals surface area contributed by atoms with Crippen molar-refractivity contribution in [3.8, 4) is 0 Å². The number of hydrogen-bond acceptors (Lipinski definition) is 6. The summed E-state index contributed by atoms with van der Waals surface area (Å²) in [4.78, 5) is 24.8. The molecule has 0 spiro atoms. The highest BCUT2D eigenvalue weighted by molar-refractivity contribution is 7.89. The lowest BCUT2D eigenvalue weighted by Crippen LogP contribution is -2.41. The van der Waals surface area contributed by atoms with Gasteiger partial charge in [0.15, 0.2) is 11.3 Å². The number of rotatable bonds is 4. The normalized spacial score (nSPS) is 11.7. The Hall–Kier alpha value is -2.85. The van der Waals surface area contributed by atoms with Crippen LogP contribution in [0.15, 0.2) is 55.1 Å². The molecule has 0 aliphatic carbocycles. The summed E-state index contributed by atoms with van der Waals surface area (Å²) in [6, 6.07) is 6.79. The van der Waals surface area contributed by atoms with Crippen LogP contribution >= 0.6 is 0 Å². The molecule has 2 heterocycles. The molecule has 1 amide bonds. The van der Waals surface area contributed by atoms with Gasteiger partial charge in [-0.2, -0.15) is 0 Å². The fourth-order valence-electron chi connectivity index (χ4n) is 1.92. The largest absolute Gasteiger partial charge is 0.459 e. The summed E-state index contributed by atoms with van der Waals surface area (Å²) in [7, 11) is -2.53. The highest BCUT2D eigenvalue weighted by atomic mass is 32.2. The van der Waals surface area contributed by atoms with E-state index in [-0.39, 0.29) is 16.2 Å². The SMILES string of the molecule is Cn1c(=O)oc2cc(S(=O)(=O)NNC(=O)c3ccco3)ccc21. The van der Waals surface area contributed by atoms with Gasteiger partial charge in [0.05, 0.1) is 16.7 Å². The van der Waals surface area contributed by atoms with Gasteiger partial charge in [-0.1, -0.05) is 0 Å². The Bertz CT molecular complexity index is 1030. The second-order valence-electron chi connectivity index (χ2n) is 4.59. The fraction of sp³-hybridized carbons (Fsp3) is 0.0769. The molecule has 10 heteroatoms. The summed E-state index contributed by atoms with van der Waals surface area (Å²) in [6.07, 6.45) is 1.29. The van der Waals surface area contributed by atoms with Gasteiger partial charge in [0, 0.05) is 13.1 Å². The minimum Gasteiger partial charge on any atom is -0.459 e. The van der Waals surface area contributed by atoms with Gasteiger partial charge in [-0.15, -0.1) is 4.83 Å². The van der Waals surface area contributed by atoms with Gasteiger partial charge < -0.3 is 8.83 Å². The molecule has 0 saturated carbocycles. The van der Waals surface area contributed by atoms with Gasteiger partial charge in [0.25, 0.3) is 10.0 Å². The van der Waals surface area contributed by atoms with E-state index >= 15 is 0 Å². The highest BCUT2D eigenvalue weighted by Gasteiger charge is 2.18. The van der Waals surface area contributed by atoms with E-state index in [9.17, 15) is 18.0 Å². The highest BCUT2D eigenvalue weighted by Crippen LogP contribution is 2.17.